The highest BCUT2D eigenvalue weighted by molar-refractivity contribution is 7.98. The van der Waals surface area contributed by atoms with Crippen LogP contribution in [0.4, 0.5) is 0 Å². The molecule has 2 aromatic carbocycles. The minimum absolute atomic E-state index is 0.0281. The van der Waals surface area contributed by atoms with E-state index in [0.29, 0.717) is 16.3 Å². The molecule has 2 aromatic rings. The quantitative estimate of drug-likeness (QED) is 0.664. The van der Waals surface area contributed by atoms with Crippen LogP contribution in [0, 0.1) is 0 Å². The predicted octanol–water partition coefficient (Wildman–Crippen LogP) is 4.54. The first-order valence-electron chi connectivity index (χ1n) is 5.78. The average molecular weight is 293 g/mol. The lowest BCUT2D eigenvalue weighted by molar-refractivity contribution is 0.101. The number of hydrogen-bond acceptors (Lipinski definition) is 3. The number of carbonyl (C=O) groups is 1. The molecule has 98 valence electrons. The number of phenols is 1. The van der Waals surface area contributed by atoms with Crippen molar-refractivity contribution in [3.05, 3.63) is 58.6 Å². The summed E-state index contributed by atoms with van der Waals surface area (Å²) in [6.07, 6.45) is 0. The molecule has 0 bridgehead atoms. The summed E-state index contributed by atoms with van der Waals surface area (Å²) < 4.78 is 0. The summed E-state index contributed by atoms with van der Waals surface area (Å²) in [6.45, 7) is 1.42. The summed E-state index contributed by atoms with van der Waals surface area (Å²) in [6, 6.07) is 13.1. The Kier molecular flexibility index (Phi) is 4.51. The summed E-state index contributed by atoms with van der Waals surface area (Å²) >= 11 is 7.56. The van der Waals surface area contributed by atoms with Gasteiger partial charge in [-0.15, -0.1) is 11.8 Å². The van der Waals surface area contributed by atoms with Crippen LogP contribution in [0.3, 0.4) is 0 Å². The summed E-state index contributed by atoms with van der Waals surface area (Å²) in [7, 11) is 0. The SMILES string of the molecule is CC(=O)c1cc(Cl)cc(CSc2ccccc2)c1O. The van der Waals surface area contributed by atoms with Crippen molar-refractivity contribution >= 4 is 29.1 Å². The Morgan fingerprint density at radius 3 is 2.58 bits per heavy atom. The monoisotopic (exact) mass is 292 g/mol. The molecular formula is C15H13ClO2S. The fraction of sp³-hybridized carbons (Fsp3) is 0.133. The van der Waals surface area contributed by atoms with E-state index in [4.69, 9.17) is 11.6 Å². The first-order chi connectivity index (χ1) is 9.08. The Morgan fingerprint density at radius 1 is 1.26 bits per heavy atom. The standard InChI is InChI=1S/C15H13ClO2S/c1-10(17)14-8-12(16)7-11(15(14)18)9-19-13-5-3-2-4-6-13/h2-8,18H,9H2,1H3. The second-order valence-corrected chi connectivity index (χ2v) is 5.60. The van der Waals surface area contributed by atoms with Crippen molar-refractivity contribution in [2.75, 3.05) is 0 Å². The Morgan fingerprint density at radius 2 is 1.95 bits per heavy atom. The summed E-state index contributed by atoms with van der Waals surface area (Å²) in [4.78, 5) is 12.5. The molecule has 19 heavy (non-hydrogen) atoms. The largest absolute Gasteiger partial charge is 0.507 e. The van der Waals surface area contributed by atoms with Crippen molar-refractivity contribution < 1.29 is 9.90 Å². The van der Waals surface area contributed by atoms with Crippen molar-refractivity contribution in [3.8, 4) is 5.75 Å². The highest BCUT2D eigenvalue weighted by atomic mass is 35.5. The molecule has 0 atom stereocenters. The number of benzene rings is 2. The Balaban J connectivity index is 2.23. The molecular weight excluding hydrogens is 280 g/mol. The molecule has 0 heterocycles. The van der Waals surface area contributed by atoms with E-state index in [1.165, 1.54) is 13.0 Å². The van der Waals surface area contributed by atoms with E-state index in [1.54, 1.807) is 17.8 Å². The molecule has 2 rings (SSSR count). The van der Waals surface area contributed by atoms with Gasteiger partial charge in [0.25, 0.3) is 0 Å². The zero-order chi connectivity index (χ0) is 13.8. The maximum Gasteiger partial charge on any atom is 0.163 e. The third-order valence-electron chi connectivity index (χ3n) is 2.67. The van der Waals surface area contributed by atoms with Crippen molar-refractivity contribution in [2.45, 2.75) is 17.6 Å². The van der Waals surface area contributed by atoms with Gasteiger partial charge in [-0.2, -0.15) is 0 Å². The van der Waals surface area contributed by atoms with Gasteiger partial charge in [-0.25, -0.2) is 0 Å². The van der Waals surface area contributed by atoms with Crippen LogP contribution in [-0.4, -0.2) is 10.9 Å². The van der Waals surface area contributed by atoms with Gasteiger partial charge >= 0.3 is 0 Å². The van der Waals surface area contributed by atoms with Gasteiger partial charge in [-0.3, -0.25) is 4.79 Å². The summed E-state index contributed by atoms with van der Waals surface area (Å²) in [5.41, 5.74) is 0.947. The van der Waals surface area contributed by atoms with Crippen LogP contribution in [0.1, 0.15) is 22.8 Å². The van der Waals surface area contributed by atoms with E-state index in [0.717, 1.165) is 4.90 Å². The van der Waals surface area contributed by atoms with Crippen LogP contribution in [0.25, 0.3) is 0 Å². The van der Waals surface area contributed by atoms with Gasteiger partial charge < -0.3 is 5.11 Å². The average Bonchev–Trinajstić information content (AvgIpc) is 2.40. The van der Waals surface area contributed by atoms with Gasteiger partial charge in [0, 0.05) is 21.2 Å². The zero-order valence-electron chi connectivity index (χ0n) is 10.4. The highest BCUT2D eigenvalue weighted by Crippen LogP contribution is 2.32. The second kappa shape index (κ2) is 6.13. The molecule has 0 aliphatic heterocycles. The first kappa shape index (κ1) is 14.0. The number of Topliss-reactive ketones (excluding diaryl/α,β-unsaturated/α-hetero) is 1. The van der Waals surface area contributed by atoms with Crippen LogP contribution in [0.2, 0.25) is 5.02 Å². The smallest absolute Gasteiger partial charge is 0.163 e. The van der Waals surface area contributed by atoms with Gasteiger partial charge in [0.1, 0.15) is 5.75 Å². The number of thioether (sulfide) groups is 1. The molecule has 0 aliphatic carbocycles. The van der Waals surface area contributed by atoms with E-state index < -0.39 is 0 Å². The van der Waals surface area contributed by atoms with E-state index in [1.807, 2.05) is 30.3 Å². The number of aromatic hydroxyl groups is 1. The number of carbonyl (C=O) groups excluding carboxylic acids is 1. The van der Waals surface area contributed by atoms with Gasteiger partial charge in [0.05, 0.1) is 5.56 Å². The number of halogens is 1. The number of hydrogen-bond donors (Lipinski definition) is 1. The molecule has 1 N–H and O–H groups in total. The normalized spacial score (nSPS) is 10.4. The molecule has 0 amide bonds. The van der Waals surface area contributed by atoms with E-state index >= 15 is 0 Å². The van der Waals surface area contributed by atoms with Gasteiger partial charge in [-0.05, 0) is 31.2 Å². The van der Waals surface area contributed by atoms with Crippen LogP contribution < -0.4 is 0 Å². The maximum atomic E-state index is 11.4. The van der Waals surface area contributed by atoms with E-state index in [-0.39, 0.29) is 17.1 Å². The van der Waals surface area contributed by atoms with E-state index in [9.17, 15) is 9.90 Å². The number of rotatable bonds is 4. The summed E-state index contributed by atoms with van der Waals surface area (Å²) in [5.74, 6) is 0.405. The van der Waals surface area contributed by atoms with Crippen LogP contribution in [0.15, 0.2) is 47.4 Å². The maximum absolute atomic E-state index is 11.4. The second-order valence-electron chi connectivity index (χ2n) is 4.12. The van der Waals surface area contributed by atoms with Crippen molar-refractivity contribution in [1.82, 2.24) is 0 Å². The molecule has 0 aliphatic rings. The lowest BCUT2D eigenvalue weighted by atomic mass is 10.1. The summed E-state index contributed by atoms with van der Waals surface area (Å²) in [5, 5.41) is 10.5. The van der Waals surface area contributed by atoms with Crippen LogP contribution >= 0.6 is 23.4 Å². The fourth-order valence-corrected chi connectivity index (χ4v) is 2.84. The van der Waals surface area contributed by atoms with E-state index in [2.05, 4.69) is 0 Å². The lowest BCUT2D eigenvalue weighted by Gasteiger charge is -2.09. The molecule has 2 nitrogen and oxygen atoms in total. The lowest BCUT2D eigenvalue weighted by Crippen LogP contribution is -1.96. The van der Waals surface area contributed by atoms with Crippen LogP contribution in [-0.2, 0) is 5.75 Å². The first-order valence-corrected chi connectivity index (χ1v) is 7.14. The molecule has 0 radical (unpaired) electrons. The molecule has 0 spiro atoms. The Hall–Kier alpha value is -1.45. The van der Waals surface area contributed by atoms with Crippen molar-refractivity contribution in [1.29, 1.82) is 0 Å². The number of ketones is 1. The minimum atomic E-state index is -0.189. The number of phenolic OH excluding ortho intramolecular Hbond substituents is 1. The molecule has 4 heteroatoms. The fourth-order valence-electron chi connectivity index (χ4n) is 1.71. The third kappa shape index (κ3) is 3.52. The minimum Gasteiger partial charge on any atom is -0.507 e. The Labute approximate surface area is 121 Å². The molecule has 0 saturated heterocycles. The molecule has 0 saturated carbocycles. The van der Waals surface area contributed by atoms with Gasteiger partial charge in [-0.1, -0.05) is 29.8 Å². The highest BCUT2D eigenvalue weighted by Gasteiger charge is 2.13. The van der Waals surface area contributed by atoms with Gasteiger partial charge in [0.2, 0.25) is 0 Å². The van der Waals surface area contributed by atoms with Crippen molar-refractivity contribution in [3.63, 3.8) is 0 Å². The van der Waals surface area contributed by atoms with Gasteiger partial charge in [0.15, 0.2) is 5.78 Å². The van der Waals surface area contributed by atoms with Crippen LogP contribution in [0.5, 0.6) is 5.75 Å². The topological polar surface area (TPSA) is 37.3 Å². The van der Waals surface area contributed by atoms with Crippen molar-refractivity contribution in [2.24, 2.45) is 0 Å². The molecule has 0 fully saturated rings. The third-order valence-corrected chi connectivity index (χ3v) is 3.95. The molecule has 0 aromatic heterocycles. The predicted molar refractivity (Wildman–Crippen MR) is 79.1 cm³/mol. The Bertz CT molecular complexity index is 597. The molecule has 0 unspecified atom stereocenters. The zero-order valence-corrected chi connectivity index (χ0v) is 12.0.